The number of rotatable bonds is 9. The van der Waals surface area contributed by atoms with Crippen molar-refractivity contribution in [1.29, 1.82) is 0 Å². The first-order valence-corrected chi connectivity index (χ1v) is 14.6. The van der Waals surface area contributed by atoms with Crippen LogP contribution in [0.5, 0.6) is 0 Å². The summed E-state index contributed by atoms with van der Waals surface area (Å²) in [6.07, 6.45) is 10.1. The molecule has 8 nitrogen and oxygen atoms in total. The maximum atomic E-state index is 14.0. The topological polar surface area (TPSA) is 95.8 Å². The number of halogens is 1. The van der Waals surface area contributed by atoms with Gasteiger partial charge in [0, 0.05) is 43.7 Å². The summed E-state index contributed by atoms with van der Waals surface area (Å²) in [5.41, 5.74) is 0.562. The second-order valence-electron chi connectivity index (χ2n) is 10.1. The van der Waals surface area contributed by atoms with Crippen molar-refractivity contribution in [3.8, 4) is 0 Å². The molecule has 2 aliphatic rings. The maximum Gasteiger partial charge on any atom is 0.248 e. The molecule has 1 amide bonds. The van der Waals surface area contributed by atoms with Gasteiger partial charge in [-0.1, -0.05) is 42.6 Å². The van der Waals surface area contributed by atoms with Crippen molar-refractivity contribution in [2.75, 3.05) is 33.2 Å². The van der Waals surface area contributed by atoms with Gasteiger partial charge in [0.1, 0.15) is 11.5 Å². The number of benzene rings is 1. The smallest absolute Gasteiger partial charge is 0.248 e. The number of sulfonamides is 1. The zero-order chi connectivity index (χ0) is 26.4. The number of carbonyl (C=O) groups excluding carboxylic acids is 1. The van der Waals surface area contributed by atoms with Crippen LogP contribution in [0.15, 0.2) is 33.7 Å². The van der Waals surface area contributed by atoms with Crippen LogP contribution in [0.25, 0.3) is 12.2 Å². The van der Waals surface area contributed by atoms with Gasteiger partial charge in [0.2, 0.25) is 15.9 Å². The fraction of sp³-hybridized carbons (Fsp3) is 0.556. The Morgan fingerprint density at radius 2 is 1.86 bits per heavy atom. The Morgan fingerprint density at radius 3 is 2.57 bits per heavy atom. The highest BCUT2D eigenvalue weighted by Gasteiger charge is 2.36. The van der Waals surface area contributed by atoms with Gasteiger partial charge in [0.15, 0.2) is 10.7 Å². The third-order valence-corrected chi connectivity index (χ3v) is 9.59. The average Bonchev–Trinajstić information content (AvgIpc) is 3.29. The van der Waals surface area contributed by atoms with Crippen molar-refractivity contribution in [3.05, 3.63) is 47.1 Å². The molecule has 1 aliphatic carbocycles. The van der Waals surface area contributed by atoms with Gasteiger partial charge in [-0.3, -0.25) is 4.79 Å². The molecule has 1 saturated carbocycles. The molecule has 1 aliphatic heterocycles. The van der Waals surface area contributed by atoms with Crippen LogP contribution in [0.2, 0.25) is 0 Å². The van der Waals surface area contributed by atoms with Gasteiger partial charge in [-0.15, -0.1) is 0 Å². The van der Waals surface area contributed by atoms with E-state index < -0.39 is 15.8 Å². The lowest BCUT2D eigenvalue weighted by Gasteiger charge is -2.32. The summed E-state index contributed by atoms with van der Waals surface area (Å²) in [5.74, 6) is -0.581. The van der Waals surface area contributed by atoms with Crippen LogP contribution in [0, 0.1) is 18.7 Å². The Labute approximate surface area is 218 Å². The molecule has 1 N–H and O–H groups in total. The molecule has 0 unspecified atom stereocenters. The molecule has 1 saturated heterocycles. The van der Waals surface area contributed by atoms with Crippen LogP contribution in [0.3, 0.4) is 0 Å². The lowest BCUT2D eigenvalue weighted by Crippen LogP contribution is -2.45. The van der Waals surface area contributed by atoms with Gasteiger partial charge < -0.3 is 14.7 Å². The van der Waals surface area contributed by atoms with Gasteiger partial charge >= 0.3 is 0 Å². The van der Waals surface area contributed by atoms with Crippen molar-refractivity contribution in [1.82, 2.24) is 19.7 Å². The number of aryl methyl sites for hydroxylation is 1. The first kappa shape index (κ1) is 27.5. The number of aromatic nitrogens is 1. The first-order valence-electron chi connectivity index (χ1n) is 13.1. The summed E-state index contributed by atoms with van der Waals surface area (Å²) < 4.78 is 47.5. The first-order chi connectivity index (χ1) is 17.8. The number of amides is 1. The van der Waals surface area contributed by atoms with Gasteiger partial charge in [0.05, 0.1) is 0 Å². The highest BCUT2D eigenvalue weighted by molar-refractivity contribution is 7.89. The van der Waals surface area contributed by atoms with E-state index >= 15 is 0 Å². The standard InChI is InChI=1S/C27H37FN4O4S/c1-20-26(25(36-30-20)13-12-21-8-6-7-11-24(21)28)37(34,35)32-17-14-22(15-18-32)27(33)29-16-19-31(2)23-9-4-3-5-10-23/h6-8,11-13,22-23H,3-5,9-10,14-19H2,1-2H3,(H,29,33). The number of hydrogen-bond donors (Lipinski definition) is 1. The Bertz CT molecular complexity index is 1200. The zero-order valence-corrected chi connectivity index (χ0v) is 22.5. The summed E-state index contributed by atoms with van der Waals surface area (Å²) in [4.78, 5) is 15.1. The van der Waals surface area contributed by atoms with Crippen molar-refractivity contribution in [3.63, 3.8) is 0 Å². The van der Waals surface area contributed by atoms with E-state index in [1.807, 2.05) is 0 Å². The molecule has 0 radical (unpaired) electrons. The quantitative estimate of drug-likeness (QED) is 0.523. The van der Waals surface area contributed by atoms with Crippen LogP contribution in [0.4, 0.5) is 4.39 Å². The van der Waals surface area contributed by atoms with E-state index in [1.165, 1.54) is 54.6 Å². The van der Waals surface area contributed by atoms with Crippen molar-refractivity contribution >= 4 is 28.1 Å². The Hall–Kier alpha value is -2.56. The van der Waals surface area contributed by atoms with E-state index in [1.54, 1.807) is 25.1 Å². The molecular weight excluding hydrogens is 495 g/mol. The summed E-state index contributed by atoms with van der Waals surface area (Å²) in [6.45, 7) is 3.47. The largest absolute Gasteiger partial charge is 0.355 e. The summed E-state index contributed by atoms with van der Waals surface area (Å²) in [7, 11) is -1.77. The second-order valence-corrected chi connectivity index (χ2v) is 11.9. The van der Waals surface area contributed by atoms with Gasteiger partial charge in [-0.25, -0.2) is 12.8 Å². The number of hydrogen-bond acceptors (Lipinski definition) is 6. The molecule has 4 rings (SSSR count). The predicted octanol–water partition coefficient (Wildman–Crippen LogP) is 4.07. The Balaban J connectivity index is 1.32. The van der Waals surface area contributed by atoms with E-state index in [4.69, 9.17) is 4.52 Å². The van der Waals surface area contributed by atoms with Crippen LogP contribution in [-0.2, 0) is 14.8 Å². The molecular formula is C27H37FN4O4S. The van der Waals surface area contributed by atoms with Crippen LogP contribution < -0.4 is 5.32 Å². The number of nitrogens with zero attached hydrogens (tertiary/aromatic N) is 3. The molecule has 202 valence electrons. The molecule has 2 aromatic rings. The summed E-state index contributed by atoms with van der Waals surface area (Å²) >= 11 is 0. The minimum atomic E-state index is -3.89. The van der Waals surface area contributed by atoms with Crippen LogP contribution >= 0.6 is 0 Å². The van der Waals surface area contributed by atoms with Crippen LogP contribution in [0.1, 0.15) is 62.0 Å². The van der Waals surface area contributed by atoms with Gasteiger partial charge in [0.25, 0.3) is 0 Å². The van der Waals surface area contributed by atoms with Crippen molar-refractivity contribution < 1.29 is 22.1 Å². The van der Waals surface area contributed by atoms with Gasteiger partial charge in [-0.05, 0) is 57.9 Å². The average molecular weight is 533 g/mol. The molecule has 0 bridgehead atoms. The van der Waals surface area contributed by atoms with Crippen molar-refractivity contribution in [2.24, 2.45) is 5.92 Å². The summed E-state index contributed by atoms with van der Waals surface area (Å²) in [6, 6.07) is 6.81. The maximum absolute atomic E-state index is 14.0. The number of nitrogens with one attached hydrogen (secondary N) is 1. The SMILES string of the molecule is Cc1noc(C=Cc2ccccc2F)c1S(=O)(=O)N1CCC(C(=O)NCCN(C)C2CCCCC2)CC1. The highest BCUT2D eigenvalue weighted by atomic mass is 32.2. The van der Waals surface area contributed by atoms with E-state index in [2.05, 4.69) is 22.4 Å². The third kappa shape index (κ3) is 6.66. The second kappa shape index (κ2) is 12.3. The molecule has 1 aromatic heterocycles. The van der Waals surface area contributed by atoms with Crippen LogP contribution in [-0.4, -0.2) is 68.0 Å². The molecule has 2 heterocycles. The predicted molar refractivity (Wildman–Crippen MR) is 141 cm³/mol. The lowest BCUT2D eigenvalue weighted by atomic mass is 9.94. The van der Waals surface area contributed by atoms with Crippen molar-refractivity contribution in [2.45, 2.75) is 62.8 Å². The van der Waals surface area contributed by atoms with Gasteiger partial charge in [-0.2, -0.15) is 4.31 Å². The number of piperidine rings is 1. The molecule has 0 atom stereocenters. The fourth-order valence-corrected chi connectivity index (χ4v) is 6.99. The molecule has 10 heteroatoms. The minimum Gasteiger partial charge on any atom is -0.355 e. The van der Waals surface area contributed by atoms with E-state index in [0.717, 1.165) is 6.54 Å². The Morgan fingerprint density at radius 1 is 1.16 bits per heavy atom. The zero-order valence-electron chi connectivity index (χ0n) is 21.7. The Kier molecular flexibility index (Phi) is 9.15. The fourth-order valence-electron chi connectivity index (χ4n) is 5.27. The number of likely N-dealkylation sites (N-methyl/N-ethyl adjacent to an activating group) is 1. The highest BCUT2D eigenvalue weighted by Crippen LogP contribution is 2.29. The third-order valence-electron chi connectivity index (χ3n) is 7.54. The summed E-state index contributed by atoms with van der Waals surface area (Å²) in [5, 5.41) is 6.89. The molecule has 0 spiro atoms. The normalized spacial score (nSPS) is 18.6. The molecule has 37 heavy (non-hydrogen) atoms. The van der Waals surface area contributed by atoms with E-state index in [0.29, 0.717) is 31.0 Å². The molecule has 2 fully saturated rings. The van der Waals surface area contributed by atoms with E-state index in [9.17, 15) is 17.6 Å². The monoisotopic (exact) mass is 532 g/mol. The van der Waals surface area contributed by atoms with E-state index in [-0.39, 0.29) is 41.3 Å². The minimum absolute atomic E-state index is 0.0104. The lowest BCUT2D eigenvalue weighted by molar-refractivity contribution is -0.126. The molecule has 1 aromatic carbocycles. The number of carbonyl (C=O) groups is 1.